The van der Waals surface area contributed by atoms with E-state index in [-0.39, 0.29) is 0 Å². The maximum atomic E-state index is 5.01. The number of nitrogens with one attached hydrogen (secondary N) is 2. The molecule has 0 bridgehead atoms. The van der Waals surface area contributed by atoms with E-state index in [1.54, 1.807) is 30.9 Å². The maximum absolute atomic E-state index is 5.01. The number of hydrogen-bond acceptors (Lipinski definition) is 4. The Morgan fingerprint density at radius 3 is 3.00 bits per heavy atom. The van der Waals surface area contributed by atoms with Crippen LogP contribution in [0.15, 0.2) is 33.4 Å². The number of thiazole rings is 1. The zero-order valence-corrected chi connectivity index (χ0v) is 12.0. The van der Waals surface area contributed by atoms with Crippen LogP contribution in [0.4, 0.5) is 0 Å². The second-order valence-electron chi connectivity index (χ2n) is 4.09. The van der Waals surface area contributed by atoms with Gasteiger partial charge < -0.3 is 15.1 Å². The summed E-state index contributed by atoms with van der Waals surface area (Å²) in [6, 6.07) is 1.93. The molecule has 0 aliphatic rings. The molecule has 19 heavy (non-hydrogen) atoms. The van der Waals surface area contributed by atoms with Crippen LogP contribution in [0.3, 0.4) is 0 Å². The zero-order valence-electron chi connectivity index (χ0n) is 11.1. The summed E-state index contributed by atoms with van der Waals surface area (Å²) in [5, 5.41) is 9.69. The molecule has 0 saturated carbocycles. The fraction of sp³-hybridized carbons (Fsp3) is 0.385. The number of guanidine groups is 1. The Hall–Kier alpha value is -1.82. The molecule has 0 saturated heterocycles. The highest BCUT2D eigenvalue weighted by Gasteiger charge is 2.01. The SMILES string of the molecule is CN=C(NCCc1csc(C)n1)NCc1ccoc1. The van der Waals surface area contributed by atoms with Crippen LogP contribution < -0.4 is 10.6 Å². The summed E-state index contributed by atoms with van der Waals surface area (Å²) in [5.74, 6) is 0.785. The first-order valence-corrected chi connectivity index (χ1v) is 7.02. The first kappa shape index (κ1) is 13.6. The maximum Gasteiger partial charge on any atom is 0.191 e. The molecule has 102 valence electrons. The molecule has 0 aliphatic carbocycles. The number of hydrogen-bond donors (Lipinski definition) is 2. The van der Waals surface area contributed by atoms with Gasteiger partial charge in [0.15, 0.2) is 5.96 Å². The van der Waals surface area contributed by atoms with E-state index in [1.807, 2.05) is 13.0 Å². The van der Waals surface area contributed by atoms with Gasteiger partial charge in [-0.25, -0.2) is 4.98 Å². The van der Waals surface area contributed by atoms with Gasteiger partial charge in [0.1, 0.15) is 0 Å². The van der Waals surface area contributed by atoms with E-state index in [1.165, 1.54) is 0 Å². The Morgan fingerprint density at radius 1 is 1.47 bits per heavy atom. The van der Waals surface area contributed by atoms with Crippen LogP contribution in [-0.4, -0.2) is 24.5 Å². The van der Waals surface area contributed by atoms with Gasteiger partial charge in [-0.3, -0.25) is 4.99 Å². The van der Waals surface area contributed by atoms with Gasteiger partial charge in [-0.15, -0.1) is 11.3 Å². The highest BCUT2D eigenvalue weighted by molar-refractivity contribution is 7.09. The van der Waals surface area contributed by atoms with Crippen molar-refractivity contribution in [2.75, 3.05) is 13.6 Å². The molecule has 0 atom stereocenters. The van der Waals surface area contributed by atoms with E-state index in [9.17, 15) is 0 Å². The van der Waals surface area contributed by atoms with Gasteiger partial charge >= 0.3 is 0 Å². The summed E-state index contributed by atoms with van der Waals surface area (Å²) in [6.07, 6.45) is 4.28. The van der Waals surface area contributed by atoms with E-state index in [0.717, 1.165) is 35.2 Å². The second kappa shape index (κ2) is 6.94. The van der Waals surface area contributed by atoms with Crippen molar-refractivity contribution in [1.82, 2.24) is 15.6 Å². The van der Waals surface area contributed by atoms with Crippen molar-refractivity contribution >= 4 is 17.3 Å². The summed E-state index contributed by atoms with van der Waals surface area (Å²) < 4.78 is 5.01. The van der Waals surface area contributed by atoms with Crippen molar-refractivity contribution in [1.29, 1.82) is 0 Å². The Bertz CT molecular complexity index is 518. The average molecular weight is 278 g/mol. The van der Waals surface area contributed by atoms with Crippen molar-refractivity contribution in [3.63, 3.8) is 0 Å². The average Bonchev–Trinajstić information content (AvgIpc) is 3.05. The summed E-state index contributed by atoms with van der Waals surface area (Å²) in [4.78, 5) is 8.60. The molecule has 0 aromatic carbocycles. The van der Waals surface area contributed by atoms with Gasteiger partial charge in [-0.05, 0) is 13.0 Å². The molecule has 0 amide bonds. The summed E-state index contributed by atoms with van der Waals surface area (Å²) in [5.41, 5.74) is 2.22. The predicted octanol–water partition coefficient (Wildman–Crippen LogP) is 1.95. The molecule has 0 aliphatic heterocycles. The Balaban J connectivity index is 1.71. The smallest absolute Gasteiger partial charge is 0.191 e. The zero-order chi connectivity index (χ0) is 13.5. The Morgan fingerprint density at radius 2 is 2.37 bits per heavy atom. The fourth-order valence-corrected chi connectivity index (χ4v) is 2.28. The molecule has 0 fully saturated rings. The van der Waals surface area contributed by atoms with Gasteiger partial charge in [0.2, 0.25) is 0 Å². The van der Waals surface area contributed by atoms with Gasteiger partial charge in [0.05, 0.1) is 23.2 Å². The van der Waals surface area contributed by atoms with Gasteiger partial charge in [-0.2, -0.15) is 0 Å². The van der Waals surface area contributed by atoms with Crippen molar-refractivity contribution < 1.29 is 4.42 Å². The first-order chi connectivity index (χ1) is 9.28. The molecule has 0 spiro atoms. The van der Waals surface area contributed by atoms with Crippen LogP contribution in [0.1, 0.15) is 16.3 Å². The van der Waals surface area contributed by atoms with Crippen molar-refractivity contribution in [2.24, 2.45) is 4.99 Å². The lowest BCUT2D eigenvalue weighted by molar-refractivity contribution is 0.563. The minimum absolute atomic E-state index is 0.700. The number of furan rings is 1. The van der Waals surface area contributed by atoms with E-state index < -0.39 is 0 Å². The Kier molecular flexibility index (Phi) is 4.97. The molecule has 2 aromatic rings. The third-order valence-corrected chi connectivity index (χ3v) is 3.43. The quantitative estimate of drug-likeness (QED) is 0.648. The van der Waals surface area contributed by atoms with Gasteiger partial charge in [0, 0.05) is 37.5 Å². The second-order valence-corrected chi connectivity index (χ2v) is 5.15. The largest absolute Gasteiger partial charge is 0.472 e. The summed E-state index contributed by atoms with van der Waals surface area (Å²) in [7, 11) is 1.76. The van der Waals surface area contributed by atoms with Crippen LogP contribution >= 0.6 is 11.3 Å². The highest BCUT2D eigenvalue weighted by atomic mass is 32.1. The minimum Gasteiger partial charge on any atom is -0.472 e. The topological polar surface area (TPSA) is 62.5 Å². The van der Waals surface area contributed by atoms with Crippen molar-refractivity contribution in [3.05, 3.63) is 40.2 Å². The lowest BCUT2D eigenvalue weighted by Gasteiger charge is -2.10. The third-order valence-electron chi connectivity index (χ3n) is 2.60. The number of aliphatic imine (C=N–C) groups is 1. The molecular weight excluding hydrogens is 260 g/mol. The normalized spacial score (nSPS) is 11.6. The van der Waals surface area contributed by atoms with Crippen LogP contribution in [0, 0.1) is 6.92 Å². The van der Waals surface area contributed by atoms with Crippen LogP contribution in [-0.2, 0) is 13.0 Å². The van der Waals surface area contributed by atoms with Crippen LogP contribution in [0.2, 0.25) is 0 Å². The standard InChI is InChI=1S/C13H18N4OS/c1-10-17-12(9-19-10)3-5-15-13(14-2)16-7-11-4-6-18-8-11/h4,6,8-9H,3,5,7H2,1-2H3,(H2,14,15,16). The molecule has 0 unspecified atom stereocenters. The molecule has 0 radical (unpaired) electrons. The van der Waals surface area contributed by atoms with Gasteiger partial charge in [0.25, 0.3) is 0 Å². The van der Waals surface area contributed by atoms with Crippen molar-refractivity contribution in [2.45, 2.75) is 19.9 Å². The first-order valence-electron chi connectivity index (χ1n) is 6.14. The number of nitrogens with zero attached hydrogens (tertiary/aromatic N) is 2. The lowest BCUT2D eigenvalue weighted by atomic mass is 10.3. The molecule has 2 heterocycles. The van der Waals surface area contributed by atoms with E-state index in [4.69, 9.17) is 4.42 Å². The number of aromatic nitrogens is 1. The van der Waals surface area contributed by atoms with Crippen LogP contribution in [0.25, 0.3) is 0 Å². The summed E-state index contributed by atoms with van der Waals surface area (Å²) in [6.45, 7) is 3.53. The lowest BCUT2D eigenvalue weighted by Crippen LogP contribution is -2.37. The van der Waals surface area contributed by atoms with E-state index in [2.05, 4.69) is 26.0 Å². The molecular formula is C13H18N4OS. The van der Waals surface area contributed by atoms with Crippen molar-refractivity contribution in [3.8, 4) is 0 Å². The van der Waals surface area contributed by atoms with E-state index in [0.29, 0.717) is 6.54 Å². The van der Waals surface area contributed by atoms with E-state index >= 15 is 0 Å². The fourth-order valence-electron chi connectivity index (χ4n) is 1.63. The number of rotatable bonds is 5. The predicted molar refractivity (Wildman–Crippen MR) is 77.5 cm³/mol. The highest BCUT2D eigenvalue weighted by Crippen LogP contribution is 2.07. The van der Waals surface area contributed by atoms with Crippen LogP contribution in [0.5, 0.6) is 0 Å². The third kappa shape index (κ3) is 4.40. The number of aryl methyl sites for hydroxylation is 1. The molecule has 5 nitrogen and oxygen atoms in total. The summed E-state index contributed by atoms with van der Waals surface area (Å²) >= 11 is 1.68. The Labute approximate surface area is 116 Å². The molecule has 2 N–H and O–H groups in total. The molecule has 2 rings (SSSR count). The minimum atomic E-state index is 0.700. The molecule has 6 heteroatoms. The molecule has 2 aromatic heterocycles. The van der Waals surface area contributed by atoms with Gasteiger partial charge in [-0.1, -0.05) is 0 Å². The monoisotopic (exact) mass is 278 g/mol.